The first kappa shape index (κ1) is 15.6. The summed E-state index contributed by atoms with van der Waals surface area (Å²) in [6, 6.07) is 1.64. The van der Waals surface area contributed by atoms with E-state index in [1.807, 2.05) is 6.92 Å². The van der Waals surface area contributed by atoms with E-state index in [1.54, 1.807) is 19.1 Å². The number of halogens is 1. The molecule has 1 aromatic carbocycles. The average Bonchev–Trinajstić information content (AvgIpc) is 2.44. The minimum absolute atomic E-state index is 0.0892. The SMILES string of the molecule is CC=C(C)C(=O)c1cc(OC)c(OC)c(OC)c1Br. The first-order valence-electron chi connectivity index (χ1n) is 5.67. The second-order valence-electron chi connectivity index (χ2n) is 3.81. The van der Waals surface area contributed by atoms with Gasteiger partial charge in [0.25, 0.3) is 0 Å². The maximum Gasteiger partial charge on any atom is 0.204 e. The van der Waals surface area contributed by atoms with E-state index in [0.29, 0.717) is 32.9 Å². The molecule has 0 heterocycles. The minimum atomic E-state index is -0.0892. The van der Waals surface area contributed by atoms with Crippen molar-refractivity contribution in [2.45, 2.75) is 13.8 Å². The Bertz CT molecular complexity index is 521. The van der Waals surface area contributed by atoms with Crippen LogP contribution in [-0.4, -0.2) is 27.1 Å². The molecule has 0 bridgehead atoms. The molecular weight excluding hydrogens is 312 g/mol. The summed E-state index contributed by atoms with van der Waals surface area (Å²) < 4.78 is 16.3. The highest BCUT2D eigenvalue weighted by Gasteiger charge is 2.23. The van der Waals surface area contributed by atoms with Crippen LogP contribution >= 0.6 is 15.9 Å². The zero-order valence-electron chi connectivity index (χ0n) is 11.7. The van der Waals surface area contributed by atoms with Gasteiger partial charge in [0, 0.05) is 5.56 Å². The highest BCUT2D eigenvalue weighted by molar-refractivity contribution is 9.10. The molecule has 1 aromatic rings. The predicted octanol–water partition coefficient (Wildman–Crippen LogP) is 3.62. The number of Topliss-reactive ketones (excluding diaryl/α,β-unsaturated/α-hetero) is 1. The summed E-state index contributed by atoms with van der Waals surface area (Å²) in [5.74, 6) is 1.25. The van der Waals surface area contributed by atoms with Crippen molar-refractivity contribution in [1.82, 2.24) is 0 Å². The van der Waals surface area contributed by atoms with E-state index in [2.05, 4.69) is 15.9 Å². The number of carbonyl (C=O) groups excluding carboxylic acids is 1. The zero-order chi connectivity index (χ0) is 14.6. The summed E-state index contributed by atoms with van der Waals surface area (Å²) in [6.45, 7) is 3.58. The highest BCUT2D eigenvalue weighted by atomic mass is 79.9. The standard InChI is InChI=1S/C14H17BrO4/c1-6-8(2)12(16)9-7-10(17-3)13(18-4)14(19-5)11(9)15/h6-7H,1-5H3. The Morgan fingerprint density at radius 3 is 2.16 bits per heavy atom. The number of allylic oxidation sites excluding steroid dienone is 2. The lowest BCUT2D eigenvalue weighted by atomic mass is 10.0. The summed E-state index contributed by atoms with van der Waals surface area (Å²) in [6.07, 6.45) is 1.76. The maximum absolute atomic E-state index is 12.3. The Morgan fingerprint density at radius 2 is 1.74 bits per heavy atom. The molecule has 0 aliphatic carbocycles. The fourth-order valence-electron chi connectivity index (χ4n) is 1.63. The molecule has 0 saturated heterocycles. The number of methoxy groups -OCH3 is 3. The molecule has 0 atom stereocenters. The van der Waals surface area contributed by atoms with E-state index >= 15 is 0 Å². The van der Waals surface area contributed by atoms with Gasteiger partial charge in [-0.2, -0.15) is 0 Å². The molecule has 4 nitrogen and oxygen atoms in total. The van der Waals surface area contributed by atoms with Gasteiger partial charge in [0.1, 0.15) is 0 Å². The van der Waals surface area contributed by atoms with Crippen LogP contribution < -0.4 is 14.2 Å². The molecule has 0 aliphatic heterocycles. The van der Waals surface area contributed by atoms with Gasteiger partial charge in [-0.25, -0.2) is 0 Å². The van der Waals surface area contributed by atoms with Gasteiger partial charge in [0.05, 0.1) is 25.8 Å². The van der Waals surface area contributed by atoms with Crippen molar-refractivity contribution in [3.8, 4) is 17.2 Å². The van der Waals surface area contributed by atoms with E-state index in [4.69, 9.17) is 14.2 Å². The molecule has 1 rings (SSSR count). The van der Waals surface area contributed by atoms with E-state index in [1.165, 1.54) is 21.3 Å². The average molecular weight is 329 g/mol. The van der Waals surface area contributed by atoms with Crippen LogP contribution in [0.1, 0.15) is 24.2 Å². The van der Waals surface area contributed by atoms with Gasteiger partial charge in [0.15, 0.2) is 17.3 Å². The molecule has 0 aromatic heterocycles. The molecule has 0 saturated carbocycles. The van der Waals surface area contributed by atoms with Crippen molar-refractivity contribution in [2.75, 3.05) is 21.3 Å². The first-order chi connectivity index (χ1) is 9.01. The van der Waals surface area contributed by atoms with E-state index in [9.17, 15) is 4.79 Å². The smallest absolute Gasteiger partial charge is 0.204 e. The topological polar surface area (TPSA) is 44.8 Å². The molecule has 0 amide bonds. The van der Waals surface area contributed by atoms with Crippen molar-refractivity contribution in [1.29, 1.82) is 0 Å². The molecule has 104 valence electrons. The molecule has 19 heavy (non-hydrogen) atoms. The van der Waals surface area contributed by atoms with Crippen LogP contribution in [0, 0.1) is 0 Å². The third-order valence-corrected chi connectivity index (χ3v) is 3.59. The van der Waals surface area contributed by atoms with E-state index in [-0.39, 0.29) is 5.78 Å². The van der Waals surface area contributed by atoms with Crippen molar-refractivity contribution in [3.05, 3.63) is 27.8 Å². The number of rotatable bonds is 5. The van der Waals surface area contributed by atoms with Crippen molar-refractivity contribution < 1.29 is 19.0 Å². The third kappa shape index (κ3) is 2.92. The normalized spacial score (nSPS) is 11.2. The monoisotopic (exact) mass is 328 g/mol. The minimum Gasteiger partial charge on any atom is -0.493 e. The van der Waals surface area contributed by atoms with Crippen LogP contribution in [0.2, 0.25) is 0 Å². The van der Waals surface area contributed by atoms with Crippen LogP contribution in [0.15, 0.2) is 22.2 Å². The Labute approximate surface area is 121 Å². The third-order valence-electron chi connectivity index (χ3n) is 2.81. The number of hydrogen-bond acceptors (Lipinski definition) is 4. The summed E-state index contributed by atoms with van der Waals surface area (Å²) in [4.78, 5) is 12.3. The van der Waals surface area contributed by atoms with Crippen molar-refractivity contribution in [3.63, 3.8) is 0 Å². The molecule has 0 fully saturated rings. The highest BCUT2D eigenvalue weighted by Crippen LogP contribution is 2.45. The lowest BCUT2D eigenvalue weighted by molar-refractivity contribution is 0.103. The van der Waals surface area contributed by atoms with E-state index in [0.717, 1.165) is 0 Å². The van der Waals surface area contributed by atoms with Crippen LogP contribution in [-0.2, 0) is 0 Å². The Morgan fingerprint density at radius 1 is 1.16 bits per heavy atom. The molecule has 0 spiro atoms. The van der Waals surface area contributed by atoms with Gasteiger partial charge in [-0.1, -0.05) is 6.08 Å². The fraction of sp³-hybridized carbons (Fsp3) is 0.357. The van der Waals surface area contributed by atoms with Gasteiger partial charge in [-0.05, 0) is 41.4 Å². The molecule has 5 heteroatoms. The lowest BCUT2D eigenvalue weighted by Crippen LogP contribution is -2.05. The van der Waals surface area contributed by atoms with Crippen molar-refractivity contribution in [2.24, 2.45) is 0 Å². The van der Waals surface area contributed by atoms with E-state index < -0.39 is 0 Å². The van der Waals surface area contributed by atoms with Crippen LogP contribution in [0.5, 0.6) is 17.2 Å². The zero-order valence-corrected chi connectivity index (χ0v) is 13.3. The van der Waals surface area contributed by atoms with Crippen LogP contribution in [0.4, 0.5) is 0 Å². The number of ether oxygens (including phenoxy) is 3. The Hall–Kier alpha value is -1.49. The molecule has 0 radical (unpaired) electrons. The molecule has 0 aliphatic rings. The predicted molar refractivity (Wildman–Crippen MR) is 77.6 cm³/mol. The fourth-order valence-corrected chi connectivity index (χ4v) is 2.27. The maximum atomic E-state index is 12.3. The summed E-state index contributed by atoms with van der Waals surface area (Å²) >= 11 is 3.39. The van der Waals surface area contributed by atoms with Crippen LogP contribution in [0.3, 0.4) is 0 Å². The second-order valence-corrected chi connectivity index (χ2v) is 4.60. The van der Waals surface area contributed by atoms with Gasteiger partial charge in [0.2, 0.25) is 5.75 Å². The van der Waals surface area contributed by atoms with Crippen molar-refractivity contribution >= 4 is 21.7 Å². The number of benzene rings is 1. The first-order valence-corrected chi connectivity index (χ1v) is 6.47. The van der Waals surface area contributed by atoms with Gasteiger partial charge < -0.3 is 14.2 Å². The summed E-state index contributed by atoms with van der Waals surface area (Å²) in [5, 5.41) is 0. The van der Waals surface area contributed by atoms with Gasteiger partial charge in [-0.3, -0.25) is 4.79 Å². The largest absolute Gasteiger partial charge is 0.493 e. The lowest BCUT2D eigenvalue weighted by Gasteiger charge is -2.16. The summed E-state index contributed by atoms with van der Waals surface area (Å²) in [7, 11) is 4.55. The molecule has 0 N–H and O–H groups in total. The van der Waals surface area contributed by atoms with Crippen LogP contribution in [0.25, 0.3) is 0 Å². The van der Waals surface area contributed by atoms with Gasteiger partial charge in [-0.15, -0.1) is 0 Å². The number of hydrogen-bond donors (Lipinski definition) is 0. The molecule has 0 unspecified atom stereocenters. The quantitative estimate of drug-likeness (QED) is 0.611. The number of ketones is 1. The molecular formula is C14H17BrO4. The Kier molecular flexibility index (Phi) is 5.42. The second kappa shape index (κ2) is 6.61. The summed E-state index contributed by atoms with van der Waals surface area (Å²) in [5.41, 5.74) is 1.13. The number of carbonyl (C=O) groups is 1. The van der Waals surface area contributed by atoms with Gasteiger partial charge >= 0.3 is 0 Å². The Balaban J connectivity index is 3.55.